The first-order chi connectivity index (χ1) is 12.0. The van der Waals surface area contributed by atoms with Gasteiger partial charge in [0.2, 0.25) is 5.95 Å². The van der Waals surface area contributed by atoms with E-state index in [1.165, 1.54) is 0 Å². The number of carbonyl (C=O) groups is 1. The normalized spacial score (nSPS) is 14.3. The summed E-state index contributed by atoms with van der Waals surface area (Å²) in [7, 11) is 3.95. The smallest absolute Gasteiger partial charge is 0.274 e. The number of anilines is 3. The predicted octanol–water partition coefficient (Wildman–Crippen LogP) is 1.94. The predicted molar refractivity (Wildman–Crippen MR) is 98.5 cm³/mol. The molecule has 1 aliphatic heterocycles. The molecule has 0 aliphatic carbocycles. The lowest BCUT2D eigenvalue weighted by Gasteiger charge is -2.27. The first-order valence-corrected chi connectivity index (χ1v) is 8.30. The summed E-state index contributed by atoms with van der Waals surface area (Å²) in [5.74, 6) is 0.342. The fraction of sp³-hybridized carbons (Fsp3) is 0.389. The van der Waals surface area contributed by atoms with E-state index in [0.717, 1.165) is 30.2 Å². The number of nitrogens with one attached hydrogen (secondary N) is 1. The van der Waals surface area contributed by atoms with Crippen LogP contribution in [0.4, 0.5) is 17.3 Å². The van der Waals surface area contributed by atoms with Gasteiger partial charge in [-0.1, -0.05) is 0 Å². The highest BCUT2D eigenvalue weighted by Gasteiger charge is 2.17. The zero-order valence-corrected chi connectivity index (χ0v) is 14.8. The first kappa shape index (κ1) is 17.2. The van der Waals surface area contributed by atoms with E-state index in [0.29, 0.717) is 24.9 Å². The minimum Gasteiger partial charge on any atom is -0.378 e. The van der Waals surface area contributed by atoms with Crippen LogP contribution in [-0.2, 0) is 4.74 Å². The van der Waals surface area contributed by atoms with E-state index in [9.17, 15) is 4.79 Å². The van der Waals surface area contributed by atoms with E-state index in [1.807, 2.05) is 55.1 Å². The van der Waals surface area contributed by atoms with Crippen LogP contribution in [0.25, 0.3) is 0 Å². The van der Waals surface area contributed by atoms with Crippen molar-refractivity contribution in [2.75, 3.05) is 55.5 Å². The van der Waals surface area contributed by atoms with Crippen molar-refractivity contribution in [1.29, 1.82) is 0 Å². The minimum absolute atomic E-state index is 0.238. The number of ether oxygens (including phenoxy) is 1. The molecular formula is C18H23N5O2. The summed E-state index contributed by atoms with van der Waals surface area (Å²) >= 11 is 0. The summed E-state index contributed by atoms with van der Waals surface area (Å²) in [5, 5.41) is 2.89. The Bertz CT molecular complexity index is 740. The molecular weight excluding hydrogens is 318 g/mol. The number of morpholine rings is 1. The Balaban J connectivity index is 1.76. The molecule has 1 aliphatic rings. The number of hydrogen-bond acceptors (Lipinski definition) is 6. The molecule has 0 bridgehead atoms. The number of aryl methyl sites for hydroxylation is 1. The molecule has 2 aromatic rings. The van der Waals surface area contributed by atoms with Crippen molar-refractivity contribution in [2.45, 2.75) is 6.92 Å². The van der Waals surface area contributed by atoms with Crippen molar-refractivity contribution < 1.29 is 9.53 Å². The van der Waals surface area contributed by atoms with E-state index in [2.05, 4.69) is 15.3 Å². The average molecular weight is 341 g/mol. The largest absolute Gasteiger partial charge is 0.378 e. The highest BCUT2D eigenvalue weighted by atomic mass is 16.5. The summed E-state index contributed by atoms with van der Waals surface area (Å²) in [4.78, 5) is 25.5. The zero-order valence-electron chi connectivity index (χ0n) is 14.8. The second-order valence-electron chi connectivity index (χ2n) is 6.19. The fourth-order valence-corrected chi connectivity index (χ4v) is 2.61. The molecule has 25 heavy (non-hydrogen) atoms. The van der Waals surface area contributed by atoms with E-state index < -0.39 is 0 Å². The molecule has 3 rings (SSSR count). The van der Waals surface area contributed by atoms with Crippen molar-refractivity contribution in [3.05, 3.63) is 41.7 Å². The molecule has 0 atom stereocenters. The van der Waals surface area contributed by atoms with E-state index in [1.54, 1.807) is 6.07 Å². The molecule has 0 spiro atoms. The standard InChI is InChI=1S/C18H23N5O2/c1-13-12-16(21-18(19-13)23-8-10-25-11-9-23)17(24)20-14-4-6-15(7-5-14)22(2)3/h4-7,12H,8-11H2,1-3H3,(H,20,24). The summed E-state index contributed by atoms with van der Waals surface area (Å²) in [5.41, 5.74) is 2.94. The fourth-order valence-electron chi connectivity index (χ4n) is 2.61. The molecule has 1 amide bonds. The van der Waals surface area contributed by atoms with Gasteiger partial charge in [-0.25, -0.2) is 9.97 Å². The quantitative estimate of drug-likeness (QED) is 0.916. The van der Waals surface area contributed by atoms with Crippen molar-refractivity contribution in [3.8, 4) is 0 Å². The Morgan fingerprint density at radius 3 is 2.48 bits per heavy atom. The Labute approximate surface area is 147 Å². The first-order valence-electron chi connectivity index (χ1n) is 8.30. The van der Waals surface area contributed by atoms with E-state index in [4.69, 9.17) is 4.74 Å². The molecule has 7 nitrogen and oxygen atoms in total. The SMILES string of the molecule is Cc1cc(C(=O)Nc2ccc(N(C)C)cc2)nc(N2CCOCC2)n1. The number of carbonyl (C=O) groups excluding carboxylic acids is 1. The number of rotatable bonds is 4. The maximum Gasteiger partial charge on any atom is 0.274 e. The van der Waals surface area contributed by atoms with Crippen LogP contribution in [0.3, 0.4) is 0 Å². The van der Waals surface area contributed by atoms with Gasteiger partial charge in [0.25, 0.3) is 5.91 Å². The topological polar surface area (TPSA) is 70.6 Å². The third kappa shape index (κ3) is 4.24. The minimum atomic E-state index is -0.238. The monoisotopic (exact) mass is 341 g/mol. The van der Waals surface area contributed by atoms with Gasteiger partial charge in [0, 0.05) is 44.3 Å². The Morgan fingerprint density at radius 2 is 1.84 bits per heavy atom. The molecule has 7 heteroatoms. The van der Waals surface area contributed by atoms with Gasteiger partial charge in [-0.3, -0.25) is 4.79 Å². The van der Waals surface area contributed by atoms with Crippen LogP contribution in [0.5, 0.6) is 0 Å². The molecule has 1 aromatic carbocycles. The van der Waals surface area contributed by atoms with Crippen molar-refractivity contribution >= 4 is 23.2 Å². The molecule has 132 valence electrons. The number of hydrogen-bond donors (Lipinski definition) is 1. The van der Waals surface area contributed by atoms with Crippen LogP contribution >= 0.6 is 0 Å². The van der Waals surface area contributed by atoms with Gasteiger partial charge in [0.05, 0.1) is 13.2 Å². The maximum absolute atomic E-state index is 12.6. The van der Waals surface area contributed by atoms with Gasteiger partial charge >= 0.3 is 0 Å². The molecule has 0 radical (unpaired) electrons. The molecule has 1 N–H and O–H groups in total. The lowest BCUT2D eigenvalue weighted by Crippen LogP contribution is -2.37. The lowest BCUT2D eigenvalue weighted by atomic mass is 10.2. The van der Waals surface area contributed by atoms with Crippen LogP contribution in [-0.4, -0.2) is 56.3 Å². The summed E-state index contributed by atoms with van der Waals surface area (Å²) in [6, 6.07) is 9.38. The van der Waals surface area contributed by atoms with Gasteiger partial charge in [-0.05, 0) is 37.3 Å². The van der Waals surface area contributed by atoms with Gasteiger partial charge in [0.1, 0.15) is 5.69 Å². The second-order valence-corrected chi connectivity index (χ2v) is 6.19. The zero-order chi connectivity index (χ0) is 17.8. The van der Waals surface area contributed by atoms with Gasteiger partial charge in [-0.15, -0.1) is 0 Å². The van der Waals surface area contributed by atoms with Crippen LogP contribution in [0, 0.1) is 6.92 Å². The van der Waals surface area contributed by atoms with E-state index in [-0.39, 0.29) is 5.91 Å². The third-order valence-corrected chi connectivity index (χ3v) is 4.01. The average Bonchev–Trinajstić information content (AvgIpc) is 2.62. The van der Waals surface area contributed by atoms with Gasteiger partial charge in [0.15, 0.2) is 0 Å². The van der Waals surface area contributed by atoms with Gasteiger partial charge < -0.3 is 19.9 Å². The van der Waals surface area contributed by atoms with Gasteiger partial charge in [-0.2, -0.15) is 0 Å². The Kier molecular flexibility index (Phi) is 5.14. The van der Waals surface area contributed by atoms with Crippen LogP contribution in [0.15, 0.2) is 30.3 Å². The van der Waals surface area contributed by atoms with E-state index >= 15 is 0 Å². The molecule has 2 heterocycles. The molecule has 1 saturated heterocycles. The summed E-state index contributed by atoms with van der Waals surface area (Å²) < 4.78 is 5.35. The van der Waals surface area contributed by atoms with Crippen molar-refractivity contribution in [2.24, 2.45) is 0 Å². The Morgan fingerprint density at radius 1 is 1.16 bits per heavy atom. The molecule has 1 aromatic heterocycles. The van der Waals surface area contributed by atoms with Crippen LogP contribution in [0.1, 0.15) is 16.2 Å². The summed E-state index contributed by atoms with van der Waals surface area (Å²) in [6.45, 7) is 4.63. The van der Waals surface area contributed by atoms with Crippen molar-refractivity contribution in [3.63, 3.8) is 0 Å². The Hall–Kier alpha value is -2.67. The number of nitrogens with zero attached hydrogens (tertiary/aromatic N) is 4. The highest BCUT2D eigenvalue weighted by Crippen LogP contribution is 2.17. The lowest BCUT2D eigenvalue weighted by molar-refractivity contribution is 0.102. The maximum atomic E-state index is 12.6. The molecule has 0 unspecified atom stereocenters. The highest BCUT2D eigenvalue weighted by molar-refractivity contribution is 6.03. The third-order valence-electron chi connectivity index (χ3n) is 4.01. The van der Waals surface area contributed by atoms with Crippen LogP contribution in [0.2, 0.25) is 0 Å². The molecule has 0 saturated carbocycles. The summed E-state index contributed by atoms with van der Waals surface area (Å²) in [6.07, 6.45) is 0. The number of benzene rings is 1. The van der Waals surface area contributed by atoms with Crippen LogP contribution < -0.4 is 15.1 Å². The molecule has 1 fully saturated rings. The van der Waals surface area contributed by atoms with Crippen molar-refractivity contribution in [1.82, 2.24) is 9.97 Å². The second kappa shape index (κ2) is 7.48. The number of aromatic nitrogens is 2. The number of amides is 1.